The number of phosphoric acid groups is 1. The van der Waals surface area contributed by atoms with Crippen molar-refractivity contribution in [2.75, 3.05) is 0 Å². The summed E-state index contributed by atoms with van der Waals surface area (Å²) in [6.07, 6.45) is 0. The lowest BCUT2D eigenvalue weighted by molar-refractivity contribution is 0.298. The van der Waals surface area contributed by atoms with E-state index in [-0.39, 0.29) is 0 Å². The summed E-state index contributed by atoms with van der Waals surface area (Å²) in [5.41, 5.74) is 6.47. The molecule has 0 aromatic heterocycles. The fourth-order valence-corrected chi connectivity index (χ4v) is 3.98. The van der Waals surface area contributed by atoms with Crippen LogP contribution in [-0.4, -0.2) is 0 Å². The van der Waals surface area contributed by atoms with Gasteiger partial charge in [0.2, 0.25) is 0 Å². The first-order valence-electron chi connectivity index (χ1n) is 9.56. The van der Waals surface area contributed by atoms with Crippen LogP contribution in [0.4, 0.5) is 0 Å². The predicted octanol–water partition coefficient (Wildman–Crippen LogP) is 7.18. The summed E-state index contributed by atoms with van der Waals surface area (Å²) < 4.78 is 31.0. The smallest absolute Gasteiger partial charge is 0.386 e. The zero-order valence-electron chi connectivity index (χ0n) is 17.8. The number of phosphoric ester groups is 1. The Labute approximate surface area is 173 Å². The Hall–Kier alpha value is -2.71. The molecule has 3 aromatic rings. The first-order valence-corrected chi connectivity index (χ1v) is 11.0. The normalized spacial score (nSPS) is 11.2. The van der Waals surface area contributed by atoms with Crippen molar-refractivity contribution in [3.8, 4) is 17.2 Å². The van der Waals surface area contributed by atoms with Crippen molar-refractivity contribution in [1.82, 2.24) is 0 Å². The van der Waals surface area contributed by atoms with Crippen molar-refractivity contribution >= 4 is 7.82 Å². The molecule has 0 aliphatic carbocycles. The van der Waals surface area contributed by atoms with Gasteiger partial charge < -0.3 is 13.6 Å². The van der Waals surface area contributed by atoms with Crippen LogP contribution in [0.5, 0.6) is 17.2 Å². The largest absolute Gasteiger partial charge is 0.647 e. The molecule has 0 fully saturated rings. The third kappa shape index (κ3) is 5.21. The van der Waals surface area contributed by atoms with Crippen molar-refractivity contribution in [2.45, 2.75) is 41.5 Å². The molecule has 0 atom stereocenters. The summed E-state index contributed by atoms with van der Waals surface area (Å²) in [5, 5.41) is 0. The van der Waals surface area contributed by atoms with Crippen molar-refractivity contribution in [3.63, 3.8) is 0 Å². The molecule has 3 rings (SSSR count). The van der Waals surface area contributed by atoms with Crippen LogP contribution in [-0.2, 0) is 4.57 Å². The quantitative estimate of drug-likeness (QED) is 0.404. The van der Waals surface area contributed by atoms with E-state index in [2.05, 4.69) is 0 Å². The molecule has 0 radical (unpaired) electrons. The molecule has 152 valence electrons. The number of rotatable bonds is 6. The van der Waals surface area contributed by atoms with Gasteiger partial charge in [-0.3, -0.25) is 0 Å². The molecule has 29 heavy (non-hydrogen) atoms. The maximum atomic E-state index is 13.6. The molecule has 0 unspecified atom stereocenters. The Morgan fingerprint density at radius 1 is 0.483 bits per heavy atom. The highest BCUT2D eigenvalue weighted by Gasteiger charge is 2.33. The number of aryl methyl sites for hydroxylation is 6. The van der Waals surface area contributed by atoms with Crippen molar-refractivity contribution in [3.05, 3.63) is 88.0 Å². The summed E-state index contributed by atoms with van der Waals surface area (Å²) in [6.45, 7) is 12.0. The van der Waals surface area contributed by atoms with Gasteiger partial charge in [0.1, 0.15) is 17.2 Å². The van der Waals surface area contributed by atoms with Crippen LogP contribution >= 0.6 is 7.82 Å². The van der Waals surface area contributed by atoms with Gasteiger partial charge in [-0.2, -0.15) is 4.57 Å². The molecule has 0 spiro atoms. The maximum absolute atomic E-state index is 13.6. The summed E-state index contributed by atoms with van der Waals surface area (Å²) in [6, 6.07) is 16.5. The molecule has 0 N–H and O–H groups in total. The number of hydrogen-bond acceptors (Lipinski definition) is 4. The summed E-state index contributed by atoms with van der Waals surface area (Å²) in [7, 11) is -3.99. The fraction of sp³-hybridized carbons (Fsp3) is 0.250. The maximum Gasteiger partial charge on any atom is 0.647 e. The first-order chi connectivity index (χ1) is 13.6. The lowest BCUT2D eigenvalue weighted by atomic mass is 10.1. The molecule has 0 saturated heterocycles. The van der Waals surface area contributed by atoms with Gasteiger partial charge in [0.25, 0.3) is 0 Å². The zero-order chi connectivity index (χ0) is 21.2. The molecule has 4 nitrogen and oxygen atoms in total. The highest BCUT2D eigenvalue weighted by molar-refractivity contribution is 7.49. The Morgan fingerprint density at radius 2 is 0.759 bits per heavy atom. The third-order valence-corrected chi connectivity index (χ3v) is 6.39. The van der Waals surface area contributed by atoms with Gasteiger partial charge in [-0.15, -0.1) is 0 Å². The molecule has 3 aromatic carbocycles. The Balaban J connectivity index is 1.96. The minimum Gasteiger partial charge on any atom is -0.386 e. The van der Waals surface area contributed by atoms with Crippen LogP contribution in [0, 0.1) is 41.5 Å². The van der Waals surface area contributed by atoms with Crippen molar-refractivity contribution < 1.29 is 18.1 Å². The molecule has 0 aliphatic heterocycles. The second-order valence-corrected chi connectivity index (χ2v) is 8.90. The van der Waals surface area contributed by atoms with E-state index in [9.17, 15) is 4.57 Å². The average molecular weight is 410 g/mol. The van der Waals surface area contributed by atoms with Crippen LogP contribution in [0.3, 0.4) is 0 Å². The van der Waals surface area contributed by atoms with Gasteiger partial charge in [-0.25, -0.2) is 0 Å². The number of benzene rings is 3. The molecule has 5 heteroatoms. The standard InChI is InChI=1S/C24H27O4P/c1-16-7-10-22(13-19(16)4)26-29(25,27-23-11-8-17(2)20(5)14-23)28-24-12-9-18(3)21(6)15-24/h7-15H,1-6H3. The van der Waals surface area contributed by atoms with E-state index in [0.29, 0.717) is 17.2 Å². The first kappa shape index (κ1) is 21.0. The van der Waals surface area contributed by atoms with Gasteiger partial charge >= 0.3 is 7.82 Å². The van der Waals surface area contributed by atoms with Crippen LogP contribution in [0.1, 0.15) is 33.4 Å². The van der Waals surface area contributed by atoms with E-state index in [1.807, 2.05) is 77.9 Å². The second kappa shape index (κ2) is 8.34. The van der Waals surface area contributed by atoms with Gasteiger partial charge in [-0.05, 0) is 111 Å². The Kier molecular flexibility index (Phi) is 6.04. The lowest BCUT2D eigenvalue weighted by Gasteiger charge is -2.20. The highest BCUT2D eigenvalue weighted by atomic mass is 31.2. The van der Waals surface area contributed by atoms with Gasteiger partial charge in [-0.1, -0.05) is 18.2 Å². The molecule has 0 aliphatic rings. The minimum atomic E-state index is -3.99. The molecular weight excluding hydrogens is 383 g/mol. The van der Waals surface area contributed by atoms with E-state index >= 15 is 0 Å². The van der Waals surface area contributed by atoms with Gasteiger partial charge in [0.15, 0.2) is 0 Å². The number of hydrogen-bond donors (Lipinski definition) is 0. The van der Waals surface area contributed by atoms with Crippen molar-refractivity contribution in [2.24, 2.45) is 0 Å². The third-order valence-electron chi connectivity index (χ3n) is 5.09. The Morgan fingerprint density at radius 3 is 1.00 bits per heavy atom. The van der Waals surface area contributed by atoms with E-state index in [4.69, 9.17) is 13.6 Å². The van der Waals surface area contributed by atoms with Crippen LogP contribution in [0.2, 0.25) is 0 Å². The van der Waals surface area contributed by atoms with Crippen LogP contribution < -0.4 is 13.6 Å². The molecular formula is C24H27O4P. The Bertz CT molecular complexity index is 952. The fourth-order valence-electron chi connectivity index (χ4n) is 2.76. The lowest BCUT2D eigenvalue weighted by Crippen LogP contribution is -2.08. The second-order valence-electron chi connectivity index (χ2n) is 7.46. The molecule has 0 bridgehead atoms. The van der Waals surface area contributed by atoms with E-state index in [1.54, 1.807) is 18.2 Å². The highest BCUT2D eigenvalue weighted by Crippen LogP contribution is 2.50. The molecule has 0 heterocycles. The summed E-state index contributed by atoms with van der Waals surface area (Å²) in [4.78, 5) is 0. The summed E-state index contributed by atoms with van der Waals surface area (Å²) >= 11 is 0. The topological polar surface area (TPSA) is 44.8 Å². The van der Waals surface area contributed by atoms with E-state index < -0.39 is 7.82 Å². The van der Waals surface area contributed by atoms with Crippen molar-refractivity contribution in [1.29, 1.82) is 0 Å². The molecule has 0 amide bonds. The van der Waals surface area contributed by atoms with Crippen LogP contribution in [0.25, 0.3) is 0 Å². The summed E-state index contributed by atoms with van der Waals surface area (Å²) in [5.74, 6) is 1.30. The van der Waals surface area contributed by atoms with Gasteiger partial charge in [0.05, 0.1) is 0 Å². The monoisotopic (exact) mass is 410 g/mol. The van der Waals surface area contributed by atoms with E-state index in [0.717, 1.165) is 33.4 Å². The van der Waals surface area contributed by atoms with Gasteiger partial charge in [0, 0.05) is 0 Å². The predicted molar refractivity (Wildman–Crippen MR) is 117 cm³/mol. The zero-order valence-corrected chi connectivity index (χ0v) is 18.7. The SMILES string of the molecule is Cc1ccc(OP(=O)(Oc2ccc(C)c(C)c2)Oc2ccc(C)c(C)c2)cc1C. The van der Waals surface area contributed by atoms with E-state index in [1.165, 1.54) is 0 Å². The minimum absolute atomic E-state index is 0.434. The average Bonchev–Trinajstić information content (AvgIpc) is 2.64. The van der Waals surface area contributed by atoms with Crippen LogP contribution in [0.15, 0.2) is 54.6 Å². The molecule has 0 saturated carbocycles.